The van der Waals surface area contributed by atoms with Gasteiger partial charge in [0.25, 0.3) is 0 Å². The smallest absolute Gasteiger partial charge is 0.248 e. The van der Waals surface area contributed by atoms with E-state index >= 15 is 0 Å². The van der Waals surface area contributed by atoms with E-state index in [1.54, 1.807) is 36.4 Å². The summed E-state index contributed by atoms with van der Waals surface area (Å²) in [6.07, 6.45) is 4.32. The first-order valence-electron chi connectivity index (χ1n) is 7.52. The molecule has 5 heteroatoms. The first-order chi connectivity index (χ1) is 11.7. The second kappa shape index (κ2) is 9.39. The molecule has 122 valence electrons. The van der Waals surface area contributed by atoms with Crippen LogP contribution < -0.4 is 10.1 Å². The first-order valence-corrected chi connectivity index (χ1v) is 7.89. The van der Waals surface area contributed by atoms with Crippen molar-refractivity contribution in [1.82, 2.24) is 0 Å². The maximum absolute atomic E-state index is 12.0. The Balaban J connectivity index is 1.89. The quantitative estimate of drug-likeness (QED) is 0.588. The van der Waals surface area contributed by atoms with Crippen LogP contribution in [-0.2, 0) is 4.79 Å². The molecule has 0 spiro atoms. The van der Waals surface area contributed by atoms with Crippen molar-refractivity contribution < 1.29 is 9.53 Å². The lowest BCUT2D eigenvalue weighted by Crippen LogP contribution is -2.08. The molecule has 0 saturated carbocycles. The third-order valence-corrected chi connectivity index (χ3v) is 3.35. The molecule has 1 amide bonds. The van der Waals surface area contributed by atoms with Gasteiger partial charge in [-0.05, 0) is 42.3 Å². The molecule has 0 saturated heterocycles. The lowest BCUT2D eigenvalue weighted by Gasteiger charge is -2.07. The number of rotatable bonds is 7. The van der Waals surface area contributed by atoms with Gasteiger partial charge in [0.2, 0.25) is 5.91 Å². The van der Waals surface area contributed by atoms with Crippen LogP contribution >= 0.6 is 11.6 Å². The van der Waals surface area contributed by atoms with Crippen molar-refractivity contribution >= 4 is 29.3 Å². The van der Waals surface area contributed by atoms with Crippen LogP contribution in [0, 0.1) is 11.3 Å². The number of anilines is 1. The van der Waals surface area contributed by atoms with Crippen molar-refractivity contribution in [1.29, 1.82) is 5.26 Å². The minimum Gasteiger partial charge on any atom is -0.493 e. The second-order valence-electron chi connectivity index (χ2n) is 5.01. The Labute approximate surface area is 146 Å². The van der Waals surface area contributed by atoms with Crippen molar-refractivity contribution in [3.8, 4) is 11.8 Å². The minimum atomic E-state index is -0.230. The lowest BCUT2D eigenvalue weighted by molar-refractivity contribution is -0.111. The van der Waals surface area contributed by atoms with E-state index < -0.39 is 0 Å². The fourth-order valence-electron chi connectivity index (χ4n) is 1.93. The summed E-state index contributed by atoms with van der Waals surface area (Å²) >= 11 is 5.82. The van der Waals surface area contributed by atoms with Gasteiger partial charge in [0.1, 0.15) is 5.75 Å². The van der Waals surface area contributed by atoms with Crippen molar-refractivity contribution in [2.24, 2.45) is 0 Å². The standard InChI is InChI=1S/C19H17ClN2O2/c20-16-9-6-15(7-10-16)8-11-19(23)22-17-4-3-5-18(14-17)24-13-2-1-12-21/h3-11,14H,1-2,13H2,(H,22,23). The molecule has 0 atom stereocenters. The molecular weight excluding hydrogens is 324 g/mol. The van der Waals surface area contributed by atoms with Crippen molar-refractivity contribution in [3.63, 3.8) is 0 Å². The average molecular weight is 341 g/mol. The molecule has 24 heavy (non-hydrogen) atoms. The van der Waals surface area contributed by atoms with Gasteiger partial charge >= 0.3 is 0 Å². The van der Waals surface area contributed by atoms with Crippen molar-refractivity contribution in [2.75, 3.05) is 11.9 Å². The Kier molecular flexibility index (Phi) is 6.88. The molecule has 0 aliphatic rings. The van der Waals surface area contributed by atoms with Gasteiger partial charge in [-0.25, -0.2) is 0 Å². The molecule has 2 rings (SSSR count). The number of benzene rings is 2. The molecule has 0 unspecified atom stereocenters. The number of hydrogen-bond acceptors (Lipinski definition) is 3. The van der Waals surface area contributed by atoms with Crippen LogP contribution in [0.5, 0.6) is 5.75 Å². The summed E-state index contributed by atoms with van der Waals surface area (Å²) in [7, 11) is 0. The molecule has 2 aromatic rings. The third-order valence-electron chi connectivity index (χ3n) is 3.10. The van der Waals surface area contributed by atoms with Gasteiger partial charge in [-0.1, -0.05) is 29.8 Å². The van der Waals surface area contributed by atoms with Crippen LogP contribution in [0.4, 0.5) is 5.69 Å². The summed E-state index contributed by atoms with van der Waals surface area (Å²) in [4.78, 5) is 12.0. The summed E-state index contributed by atoms with van der Waals surface area (Å²) in [6, 6.07) is 16.4. The number of halogens is 1. The molecule has 0 aliphatic heterocycles. The van der Waals surface area contributed by atoms with Crippen LogP contribution in [-0.4, -0.2) is 12.5 Å². The number of nitrogens with one attached hydrogen (secondary N) is 1. The molecule has 2 aromatic carbocycles. The number of carbonyl (C=O) groups excluding carboxylic acids is 1. The van der Waals surface area contributed by atoms with E-state index in [2.05, 4.69) is 11.4 Å². The molecular formula is C19H17ClN2O2. The number of carbonyl (C=O) groups is 1. The highest BCUT2D eigenvalue weighted by Crippen LogP contribution is 2.18. The van der Waals surface area contributed by atoms with E-state index in [9.17, 15) is 4.79 Å². The predicted octanol–water partition coefficient (Wildman–Crippen LogP) is 4.67. The summed E-state index contributed by atoms with van der Waals surface area (Å²) in [5.41, 5.74) is 1.54. The number of unbranched alkanes of at least 4 members (excludes halogenated alkanes) is 1. The third kappa shape index (κ3) is 6.15. The Morgan fingerprint density at radius 2 is 2.04 bits per heavy atom. The van der Waals surface area contributed by atoms with Crippen molar-refractivity contribution in [3.05, 3.63) is 65.2 Å². The van der Waals surface area contributed by atoms with E-state index in [0.29, 0.717) is 35.9 Å². The number of nitriles is 1. The Morgan fingerprint density at radius 3 is 2.79 bits per heavy atom. The highest BCUT2D eigenvalue weighted by molar-refractivity contribution is 6.30. The first kappa shape index (κ1) is 17.6. The summed E-state index contributed by atoms with van der Waals surface area (Å²) < 4.78 is 5.54. The van der Waals surface area contributed by atoms with Gasteiger partial charge in [0, 0.05) is 29.3 Å². The van der Waals surface area contributed by atoms with Gasteiger partial charge < -0.3 is 10.1 Å². The van der Waals surface area contributed by atoms with Gasteiger partial charge in [-0.3, -0.25) is 4.79 Å². The molecule has 0 aromatic heterocycles. The number of amides is 1. The van der Waals surface area contributed by atoms with Crippen LogP contribution in [0.2, 0.25) is 5.02 Å². The topological polar surface area (TPSA) is 62.1 Å². The molecule has 4 nitrogen and oxygen atoms in total. The van der Waals surface area contributed by atoms with Gasteiger partial charge in [-0.2, -0.15) is 5.26 Å². The summed E-state index contributed by atoms with van der Waals surface area (Å²) in [6.45, 7) is 0.474. The zero-order chi connectivity index (χ0) is 17.2. The largest absolute Gasteiger partial charge is 0.493 e. The highest BCUT2D eigenvalue weighted by Gasteiger charge is 2.00. The van der Waals surface area contributed by atoms with Crippen LogP contribution in [0.25, 0.3) is 6.08 Å². The Hall–Kier alpha value is -2.77. The number of ether oxygens (including phenoxy) is 1. The molecule has 0 radical (unpaired) electrons. The van der Waals surface area contributed by atoms with Gasteiger partial charge in [0.15, 0.2) is 0 Å². The molecule has 0 bridgehead atoms. The minimum absolute atomic E-state index is 0.230. The van der Waals surface area contributed by atoms with E-state index in [4.69, 9.17) is 21.6 Å². The van der Waals surface area contributed by atoms with E-state index in [0.717, 1.165) is 5.56 Å². The number of hydrogen-bond donors (Lipinski definition) is 1. The summed E-state index contributed by atoms with van der Waals surface area (Å²) in [5, 5.41) is 11.9. The SMILES string of the molecule is N#CCCCOc1cccc(NC(=O)C=Cc2ccc(Cl)cc2)c1. The van der Waals surface area contributed by atoms with Gasteiger partial charge in [-0.15, -0.1) is 0 Å². The Bertz CT molecular complexity index is 749. The molecule has 0 aliphatic carbocycles. The summed E-state index contributed by atoms with van der Waals surface area (Å²) in [5.74, 6) is 0.430. The van der Waals surface area contributed by atoms with E-state index in [1.807, 2.05) is 18.2 Å². The highest BCUT2D eigenvalue weighted by atomic mass is 35.5. The number of nitrogens with zero attached hydrogens (tertiary/aromatic N) is 1. The van der Waals surface area contributed by atoms with Crippen LogP contribution in [0.1, 0.15) is 18.4 Å². The fraction of sp³-hybridized carbons (Fsp3) is 0.158. The van der Waals surface area contributed by atoms with Crippen molar-refractivity contribution in [2.45, 2.75) is 12.8 Å². The van der Waals surface area contributed by atoms with Crippen LogP contribution in [0.3, 0.4) is 0 Å². The van der Waals surface area contributed by atoms with E-state index in [-0.39, 0.29) is 5.91 Å². The maximum atomic E-state index is 12.0. The molecule has 0 fully saturated rings. The molecule has 0 heterocycles. The molecule has 1 N–H and O–H groups in total. The second-order valence-corrected chi connectivity index (χ2v) is 5.45. The predicted molar refractivity (Wildman–Crippen MR) is 95.9 cm³/mol. The zero-order valence-electron chi connectivity index (χ0n) is 13.0. The fourth-order valence-corrected chi connectivity index (χ4v) is 2.06. The maximum Gasteiger partial charge on any atom is 0.248 e. The normalized spacial score (nSPS) is 10.3. The van der Waals surface area contributed by atoms with Gasteiger partial charge in [0.05, 0.1) is 12.7 Å². The lowest BCUT2D eigenvalue weighted by atomic mass is 10.2. The average Bonchev–Trinajstić information content (AvgIpc) is 2.59. The zero-order valence-corrected chi connectivity index (χ0v) is 13.8. The van der Waals surface area contributed by atoms with Crippen LogP contribution in [0.15, 0.2) is 54.6 Å². The van der Waals surface area contributed by atoms with E-state index in [1.165, 1.54) is 6.08 Å². The monoisotopic (exact) mass is 340 g/mol. The Morgan fingerprint density at radius 1 is 1.25 bits per heavy atom.